The maximum Gasteiger partial charge on any atom is 0.254 e. The molecule has 0 radical (unpaired) electrons. The van der Waals surface area contributed by atoms with Gasteiger partial charge in [-0.15, -0.1) is 0 Å². The summed E-state index contributed by atoms with van der Waals surface area (Å²) in [7, 11) is 1.67. The predicted molar refractivity (Wildman–Crippen MR) is 79.8 cm³/mol. The molecule has 1 aromatic carbocycles. The van der Waals surface area contributed by atoms with E-state index in [2.05, 4.69) is 9.97 Å². The Morgan fingerprint density at radius 2 is 1.90 bits per heavy atom. The van der Waals surface area contributed by atoms with Crippen LogP contribution in [0.4, 0.5) is 0 Å². The van der Waals surface area contributed by atoms with Gasteiger partial charge in [-0.25, -0.2) is 4.98 Å². The molecule has 0 amide bonds. The summed E-state index contributed by atoms with van der Waals surface area (Å²) in [5, 5.41) is 0. The summed E-state index contributed by atoms with van der Waals surface area (Å²) in [5.74, 6) is 0.783. The molecule has 0 fully saturated rings. The minimum absolute atomic E-state index is 0.0523. The molecule has 1 N–H and O–H groups in total. The van der Waals surface area contributed by atoms with Gasteiger partial charge < -0.3 is 9.72 Å². The number of aromatic nitrogens is 2. The first kappa shape index (κ1) is 14.5. The fourth-order valence-electron chi connectivity index (χ4n) is 2.34. The van der Waals surface area contributed by atoms with E-state index in [4.69, 9.17) is 4.74 Å². The molecule has 0 spiro atoms. The Hall–Kier alpha value is -1.94. The lowest BCUT2D eigenvalue weighted by Gasteiger charge is -2.10. The van der Waals surface area contributed by atoms with E-state index in [0.717, 1.165) is 22.4 Å². The number of aromatic amines is 1. The minimum atomic E-state index is -0.0523. The van der Waals surface area contributed by atoms with Gasteiger partial charge in [0.05, 0.1) is 6.61 Å². The molecule has 106 valence electrons. The summed E-state index contributed by atoms with van der Waals surface area (Å²) in [5.41, 5.74) is 3.49. The Kier molecular flexibility index (Phi) is 4.35. The van der Waals surface area contributed by atoms with Gasteiger partial charge in [0.25, 0.3) is 5.56 Å². The van der Waals surface area contributed by atoms with Crippen molar-refractivity contribution in [1.82, 2.24) is 9.97 Å². The Morgan fingerprint density at radius 1 is 1.25 bits per heavy atom. The lowest BCUT2D eigenvalue weighted by Crippen LogP contribution is -2.18. The molecule has 0 aliphatic rings. The van der Waals surface area contributed by atoms with Gasteiger partial charge >= 0.3 is 0 Å². The zero-order valence-electron chi connectivity index (χ0n) is 12.4. The van der Waals surface area contributed by atoms with Crippen LogP contribution >= 0.6 is 0 Å². The summed E-state index contributed by atoms with van der Waals surface area (Å²) < 4.78 is 5.08. The van der Waals surface area contributed by atoms with E-state index in [1.807, 2.05) is 45.0 Å². The van der Waals surface area contributed by atoms with E-state index in [0.29, 0.717) is 12.4 Å². The monoisotopic (exact) mass is 272 g/mol. The number of rotatable bonds is 4. The number of hydrogen-bond acceptors (Lipinski definition) is 3. The molecule has 0 aliphatic heterocycles. The number of H-pyrrole nitrogens is 1. The number of nitrogens with one attached hydrogen (secondary N) is 1. The molecule has 0 unspecified atom stereocenters. The zero-order chi connectivity index (χ0) is 14.7. The molecular weight excluding hydrogens is 252 g/mol. The fourth-order valence-corrected chi connectivity index (χ4v) is 2.34. The Bertz CT molecular complexity index is 643. The first-order valence-electron chi connectivity index (χ1n) is 6.72. The topological polar surface area (TPSA) is 55.0 Å². The molecule has 0 bridgehead atoms. The van der Waals surface area contributed by atoms with Crippen LogP contribution in [0.15, 0.2) is 29.1 Å². The van der Waals surface area contributed by atoms with Gasteiger partial charge in [0.1, 0.15) is 5.82 Å². The van der Waals surface area contributed by atoms with Crippen LogP contribution in [-0.2, 0) is 11.3 Å². The molecule has 2 aromatic rings. The van der Waals surface area contributed by atoms with Gasteiger partial charge in [0.2, 0.25) is 0 Å². The van der Waals surface area contributed by atoms with Crippen LogP contribution in [0.25, 0.3) is 11.4 Å². The molecule has 4 nitrogen and oxygen atoms in total. The van der Waals surface area contributed by atoms with Crippen molar-refractivity contribution in [3.05, 3.63) is 51.4 Å². The summed E-state index contributed by atoms with van der Waals surface area (Å²) >= 11 is 0. The van der Waals surface area contributed by atoms with Crippen molar-refractivity contribution in [1.29, 1.82) is 0 Å². The molecule has 0 aliphatic carbocycles. The zero-order valence-corrected chi connectivity index (χ0v) is 12.4. The predicted octanol–water partition coefficient (Wildman–Crippen LogP) is 3.02. The first-order chi connectivity index (χ1) is 9.52. The maximum atomic E-state index is 12.1. The molecule has 1 aromatic heterocycles. The Morgan fingerprint density at radius 3 is 2.40 bits per heavy atom. The second-order valence-corrected chi connectivity index (χ2v) is 5.20. The van der Waals surface area contributed by atoms with Crippen LogP contribution in [0.2, 0.25) is 0 Å². The summed E-state index contributed by atoms with van der Waals surface area (Å²) in [6.45, 7) is 6.46. The maximum absolute atomic E-state index is 12.1. The Labute approximate surface area is 118 Å². The second-order valence-electron chi connectivity index (χ2n) is 5.20. The van der Waals surface area contributed by atoms with E-state index in [9.17, 15) is 4.79 Å². The number of nitrogens with zero attached hydrogens (tertiary/aromatic N) is 1. The van der Waals surface area contributed by atoms with Gasteiger partial charge in [-0.3, -0.25) is 4.79 Å². The standard InChI is InChI=1S/C16H20N2O2/c1-10(2)14-11(3)17-15(18-16(14)19)13-7-5-12(6-8-13)9-20-4/h5-8,10H,9H2,1-4H3,(H,17,18,19). The normalized spacial score (nSPS) is 11.1. The summed E-state index contributed by atoms with van der Waals surface area (Å²) in [6.07, 6.45) is 0. The molecule has 0 atom stereocenters. The largest absolute Gasteiger partial charge is 0.380 e. The molecule has 0 saturated heterocycles. The van der Waals surface area contributed by atoms with Crippen LogP contribution in [-0.4, -0.2) is 17.1 Å². The van der Waals surface area contributed by atoms with Gasteiger partial charge in [-0.1, -0.05) is 38.1 Å². The Balaban J connectivity index is 2.41. The lowest BCUT2D eigenvalue weighted by atomic mass is 10.0. The smallest absolute Gasteiger partial charge is 0.254 e. The fraction of sp³-hybridized carbons (Fsp3) is 0.375. The average Bonchev–Trinajstić information content (AvgIpc) is 2.38. The third-order valence-electron chi connectivity index (χ3n) is 3.26. The molecule has 0 saturated carbocycles. The van der Waals surface area contributed by atoms with E-state index < -0.39 is 0 Å². The third kappa shape index (κ3) is 2.96. The van der Waals surface area contributed by atoms with Crippen LogP contribution in [0.5, 0.6) is 0 Å². The van der Waals surface area contributed by atoms with E-state index in [-0.39, 0.29) is 11.5 Å². The number of ether oxygens (including phenoxy) is 1. The van der Waals surface area contributed by atoms with Crippen molar-refractivity contribution in [2.24, 2.45) is 0 Å². The van der Waals surface area contributed by atoms with Crippen molar-refractivity contribution in [3.63, 3.8) is 0 Å². The highest BCUT2D eigenvalue weighted by Gasteiger charge is 2.12. The minimum Gasteiger partial charge on any atom is -0.380 e. The van der Waals surface area contributed by atoms with Crippen LogP contribution in [0.3, 0.4) is 0 Å². The molecule has 1 heterocycles. The van der Waals surface area contributed by atoms with Gasteiger partial charge in [0.15, 0.2) is 0 Å². The highest BCUT2D eigenvalue weighted by atomic mass is 16.5. The SMILES string of the molecule is COCc1ccc(-c2nc(C)c(C(C)C)c(=O)[nH]2)cc1. The third-order valence-corrected chi connectivity index (χ3v) is 3.26. The van der Waals surface area contributed by atoms with Crippen LogP contribution in [0, 0.1) is 6.92 Å². The van der Waals surface area contributed by atoms with E-state index >= 15 is 0 Å². The van der Waals surface area contributed by atoms with Crippen molar-refractivity contribution in [2.45, 2.75) is 33.3 Å². The van der Waals surface area contributed by atoms with Crippen molar-refractivity contribution >= 4 is 0 Å². The number of aryl methyl sites for hydroxylation is 1. The molecule has 2 rings (SSSR count). The summed E-state index contributed by atoms with van der Waals surface area (Å²) in [6, 6.07) is 7.84. The van der Waals surface area contributed by atoms with Gasteiger partial charge in [-0.2, -0.15) is 0 Å². The number of benzene rings is 1. The van der Waals surface area contributed by atoms with Crippen molar-refractivity contribution in [2.75, 3.05) is 7.11 Å². The highest BCUT2D eigenvalue weighted by Crippen LogP contribution is 2.18. The second kappa shape index (κ2) is 6.01. The van der Waals surface area contributed by atoms with Crippen molar-refractivity contribution < 1.29 is 4.74 Å². The van der Waals surface area contributed by atoms with E-state index in [1.165, 1.54) is 0 Å². The summed E-state index contributed by atoms with van der Waals surface area (Å²) in [4.78, 5) is 19.5. The van der Waals surface area contributed by atoms with E-state index in [1.54, 1.807) is 7.11 Å². The van der Waals surface area contributed by atoms with Gasteiger partial charge in [0, 0.05) is 23.9 Å². The van der Waals surface area contributed by atoms with Crippen molar-refractivity contribution in [3.8, 4) is 11.4 Å². The van der Waals surface area contributed by atoms with Crippen LogP contribution in [0.1, 0.15) is 36.6 Å². The number of methoxy groups -OCH3 is 1. The number of hydrogen-bond donors (Lipinski definition) is 1. The lowest BCUT2D eigenvalue weighted by molar-refractivity contribution is 0.185. The van der Waals surface area contributed by atoms with Gasteiger partial charge in [-0.05, 0) is 18.4 Å². The van der Waals surface area contributed by atoms with Crippen LogP contribution < -0.4 is 5.56 Å². The quantitative estimate of drug-likeness (QED) is 0.930. The molecular formula is C16H20N2O2. The average molecular weight is 272 g/mol. The molecule has 4 heteroatoms. The molecule has 20 heavy (non-hydrogen) atoms. The highest BCUT2D eigenvalue weighted by molar-refractivity contribution is 5.55. The first-order valence-corrected chi connectivity index (χ1v) is 6.72.